The fourth-order valence-corrected chi connectivity index (χ4v) is 3.74. The molecule has 1 fully saturated rings. The molecule has 1 aliphatic rings. The number of para-hydroxylation sites is 1. The lowest BCUT2D eigenvalue weighted by atomic mass is 9.89. The Morgan fingerprint density at radius 3 is 2.86 bits per heavy atom. The number of nitrogens with zero attached hydrogens (tertiary/aromatic N) is 2. The van der Waals surface area contributed by atoms with Gasteiger partial charge in [0.25, 0.3) is 0 Å². The van der Waals surface area contributed by atoms with E-state index in [1.807, 2.05) is 42.0 Å². The largest absolute Gasteiger partial charge is 0.488 e. The molecule has 1 N–H and O–H groups in total. The first-order valence-electron chi connectivity index (χ1n) is 7.71. The Labute approximate surface area is 135 Å². The molecule has 0 unspecified atom stereocenters. The molecule has 3 atom stereocenters. The molecule has 5 heteroatoms. The minimum Gasteiger partial charge on any atom is -0.488 e. The first kappa shape index (κ1) is 15.5. The zero-order chi connectivity index (χ0) is 15.4. The number of hydrogen-bond donors (Lipinski definition) is 1. The molecule has 118 valence electrons. The number of aromatic nitrogens is 1. The molecule has 0 aliphatic heterocycles. The van der Waals surface area contributed by atoms with Crippen LogP contribution in [0.15, 0.2) is 42.0 Å². The maximum absolute atomic E-state index is 10.7. The highest BCUT2D eigenvalue weighted by molar-refractivity contribution is 7.09. The summed E-state index contributed by atoms with van der Waals surface area (Å²) < 4.78 is 6.00. The molecule has 0 spiro atoms. The molecule has 4 nitrogen and oxygen atoms in total. The average molecular weight is 318 g/mol. The van der Waals surface area contributed by atoms with E-state index in [4.69, 9.17) is 4.74 Å². The van der Waals surface area contributed by atoms with Gasteiger partial charge in [-0.2, -0.15) is 0 Å². The molecule has 2 aromatic rings. The Balaban J connectivity index is 1.63. The van der Waals surface area contributed by atoms with Gasteiger partial charge in [0.2, 0.25) is 0 Å². The van der Waals surface area contributed by atoms with Gasteiger partial charge in [-0.05, 0) is 38.4 Å². The third-order valence-electron chi connectivity index (χ3n) is 4.25. The van der Waals surface area contributed by atoms with Gasteiger partial charge in [-0.1, -0.05) is 18.2 Å². The van der Waals surface area contributed by atoms with Gasteiger partial charge < -0.3 is 9.84 Å². The standard InChI is InChI=1S/C17H22N2O2S/c1-19(11-14-10-18-12-22-14)15-8-5-9-16(17(15)20)21-13-6-3-2-4-7-13/h2-4,6-7,10,12,15-17,20H,5,8-9,11H2,1H3/t15-,16+,17+/m1/s1. The Morgan fingerprint density at radius 2 is 2.14 bits per heavy atom. The summed E-state index contributed by atoms with van der Waals surface area (Å²) in [5.74, 6) is 0.831. The molecular formula is C17H22N2O2S. The Bertz CT molecular complexity index is 561. The van der Waals surface area contributed by atoms with E-state index in [1.54, 1.807) is 11.3 Å². The van der Waals surface area contributed by atoms with Crippen LogP contribution in [0, 0.1) is 0 Å². The van der Waals surface area contributed by atoms with Crippen molar-refractivity contribution >= 4 is 11.3 Å². The van der Waals surface area contributed by atoms with E-state index in [-0.39, 0.29) is 12.1 Å². The lowest BCUT2D eigenvalue weighted by Gasteiger charge is -2.39. The predicted molar refractivity (Wildman–Crippen MR) is 88.1 cm³/mol. The molecule has 1 saturated carbocycles. The smallest absolute Gasteiger partial charge is 0.126 e. The molecule has 0 amide bonds. The van der Waals surface area contributed by atoms with E-state index >= 15 is 0 Å². The molecule has 1 aromatic carbocycles. The number of rotatable bonds is 5. The number of benzene rings is 1. The van der Waals surface area contributed by atoms with Crippen molar-refractivity contribution in [2.75, 3.05) is 7.05 Å². The second kappa shape index (κ2) is 7.22. The van der Waals surface area contributed by atoms with Crippen molar-refractivity contribution in [3.05, 3.63) is 46.9 Å². The summed E-state index contributed by atoms with van der Waals surface area (Å²) in [5, 5.41) is 10.7. The molecule has 0 saturated heterocycles. The van der Waals surface area contributed by atoms with Gasteiger partial charge in [0, 0.05) is 23.7 Å². The first-order chi connectivity index (χ1) is 10.7. The third-order valence-corrected chi connectivity index (χ3v) is 5.01. The van der Waals surface area contributed by atoms with Gasteiger partial charge in [-0.15, -0.1) is 11.3 Å². The van der Waals surface area contributed by atoms with E-state index in [0.29, 0.717) is 0 Å². The number of likely N-dealkylation sites (N-methyl/N-ethyl adjacent to an activating group) is 1. The molecule has 1 heterocycles. The highest BCUT2D eigenvalue weighted by Crippen LogP contribution is 2.28. The highest BCUT2D eigenvalue weighted by Gasteiger charge is 2.35. The number of hydrogen-bond acceptors (Lipinski definition) is 5. The fraction of sp³-hybridized carbons (Fsp3) is 0.471. The fourth-order valence-electron chi connectivity index (χ4n) is 3.08. The van der Waals surface area contributed by atoms with Gasteiger partial charge in [-0.3, -0.25) is 9.88 Å². The van der Waals surface area contributed by atoms with E-state index in [2.05, 4.69) is 16.9 Å². The molecule has 0 radical (unpaired) electrons. The summed E-state index contributed by atoms with van der Waals surface area (Å²) in [6.07, 6.45) is 4.28. The van der Waals surface area contributed by atoms with Crippen molar-refractivity contribution < 1.29 is 9.84 Å². The average Bonchev–Trinajstić information content (AvgIpc) is 3.03. The van der Waals surface area contributed by atoms with Crippen molar-refractivity contribution in [2.45, 2.75) is 44.1 Å². The van der Waals surface area contributed by atoms with E-state index < -0.39 is 6.10 Å². The van der Waals surface area contributed by atoms with Crippen LogP contribution in [0.25, 0.3) is 0 Å². The molecule has 0 bridgehead atoms. The Kier molecular flexibility index (Phi) is 5.08. The zero-order valence-electron chi connectivity index (χ0n) is 12.8. The molecule has 22 heavy (non-hydrogen) atoms. The number of aliphatic hydroxyl groups is 1. The summed E-state index contributed by atoms with van der Waals surface area (Å²) in [7, 11) is 2.07. The van der Waals surface area contributed by atoms with Gasteiger partial charge >= 0.3 is 0 Å². The number of aliphatic hydroxyl groups excluding tert-OH is 1. The van der Waals surface area contributed by atoms with Crippen molar-refractivity contribution in [3.8, 4) is 5.75 Å². The van der Waals surface area contributed by atoms with Crippen LogP contribution < -0.4 is 4.74 Å². The molecular weight excluding hydrogens is 296 g/mol. The summed E-state index contributed by atoms with van der Waals surface area (Å²) in [5.41, 5.74) is 1.85. The predicted octanol–water partition coefficient (Wildman–Crippen LogP) is 2.94. The van der Waals surface area contributed by atoms with Crippen LogP contribution in [0.3, 0.4) is 0 Å². The van der Waals surface area contributed by atoms with E-state index in [9.17, 15) is 5.11 Å². The normalized spacial score (nSPS) is 25.3. The molecule has 1 aromatic heterocycles. The summed E-state index contributed by atoms with van der Waals surface area (Å²) in [6, 6.07) is 9.89. The van der Waals surface area contributed by atoms with E-state index in [1.165, 1.54) is 4.88 Å². The Hall–Kier alpha value is -1.43. The summed E-state index contributed by atoms with van der Waals surface area (Å²) in [6.45, 7) is 0.824. The van der Waals surface area contributed by atoms with Crippen LogP contribution in [0.5, 0.6) is 5.75 Å². The Morgan fingerprint density at radius 1 is 1.32 bits per heavy atom. The van der Waals surface area contributed by atoms with Crippen molar-refractivity contribution in [1.82, 2.24) is 9.88 Å². The third kappa shape index (κ3) is 3.66. The van der Waals surface area contributed by atoms with Gasteiger partial charge in [0.05, 0.1) is 5.51 Å². The highest BCUT2D eigenvalue weighted by atomic mass is 32.1. The van der Waals surface area contributed by atoms with Crippen LogP contribution >= 0.6 is 11.3 Å². The minimum atomic E-state index is -0.466. The monoisotopic (exact) mass is 318 g/mol. The number of thiazole rings is 1. The van der Waals surface area contributed by atoms with Crippen molar-refractivity contribution in [1.29, 1.82) is 0 Å². The van der Waals surface area contributed by atoms with Gasteiger partial charge in [0.1, 0.15) is 18.0 Å². The minimum absolute atomic E-state index is 0.129. The maximum atomic E-state index is 10.7. The maximum Gasteiger partial charge on any atom is 0.126 e. The first-order valence-corrected chi connectivity index (χ1v) is 8.59. The summed E-state index contributed by atoms with van der Waals surface area (Å²) in [4.78, 5) is 7.56. The second-order valence-electron chi connectivity index (χ2n) is 5.84. The van der Waals surface area contributed by atoms with Gasteiger partial charge in [-0.25, -0.2) is 0 Å². The topological polar surface area (TPSA) is 45.6 Å². The second-order valence-corrected chi connectivity index (χ2v) is 6.81. The van der Waals surface area contributed by atoms with Crippen LogP contribution in [0.1, 0.15) is 24.1 Å². The van der Waals surface area contributed by atoms with Crippen molar-refractivity contribution in [3.63, 3.8) is 0 Å². The molecule has 1 aliphatic carbocycles. The van der Waals surface area contributed by atoms with Crippen LogP contribution in [0.2, 0.25) is 0 Å². The van der Waals surface area contributed by atoms with E-state index in [0.717, 1.165) is 31.6 Å². The zero-order valence-corrected chi connectivity index (χ0v) is 13.6. The quantitative estimate of drug-likeness (QED) is 0.921. The van der Waals surface area contributed by atoms with Crippen LogP contribution in [-0.4, -0.2) is 40.3 Å². The molecule has 3 rings (SSSR count). The lowest BCUT2D eigenvalue weighted by molar-refractivity contribution is -0.0489. The van der Waals surface area contributed by atoms with Crippen molar-refractivity contribution in [2.24, 2.45) is 0 Å². The SMILES string of the molecule is CN(Cc1cncs1)[C@@H]1CCC[C@H](Oc2ccccc2)[C@H]1O. The summed E-state index contributed by atoms with van der Waals surface area (Å²) >= 11 is 1.65. The lowest BCUT2D eigenvalue weighted by Crippen LogP contribution is -2.51. The van der Waals surface area contributed by atoms with Crippen LogP contribution in [0.4, 0.5) is 0 Å². The van der Waals surface area contributed by atoms with Crippen LogP contribution in [-0.2, 0) is 6.54 Å². The van der Waals surface area contributed by atoms with Gasteiger partial charge in [0.15, 0.2) is 0 Å². The number of ether oxygens (including phenoxy) is 1.